The molecule has 2 aliphatic rings. The van der Waals surface area contributed by atoms with Gasteiger partial charge in [0.1, 0.15) is 18.2 Å². The summed E-state index contributed by atoms with van der Waals surface area (Å²) in [4.78, 5) is 48.9. The number of rotatable bonds is 13. The van der Waals surface area contributed by atoms with Crippen molar-refractivity contribution in [2.75, 3.05) is 41.0 Å². The molecule has 0 atom stereocenters. The van der Waals surface area contributed by atoms with Gasteiger partial charge in [-0.3, -0.25) is 23.9 Å². The first-order valence-electron chi connectivity index (χ1n) is 16.4. The standard InChI is InChI=1S/C37H42N4O6/c1-39(26-9-5-4-6-10-26)21-22-47-27-14-15-28-30(24-27)37(44)41(35(28)42)20-18-34-38-31-12-8-7-11-29(31)36(43)40(34)19-17-25-13-16-32(45-2)33(23-25)46-3/h7-8,11-16,23-24,26H,4-6,9-10,17-22H2,1-3H3. The molecule has 1 saturated carbocycles. The Labute approximate surface area is 274 Å². The third-order valence-electron chi connectivity index (χ3n) is 9.42. The normalized spacial score (nSPS) is 15.0. The molecule has 0 N–H and O–H groups in total. The monoisotopic (exact) mass is 638 g/mol. The highest BCUT2D eigenvalue weighted by molar-refractivity contribution is 6.21. The van der Waals surface area contributed by atoms with Crippen LogP contribution < -0.4 is 19.8 Å². The first kappa shape index (κ1) is 32.2. The summed E-state index contributed by atoms with van der Waals surface area (Å²) in [5.41, 5.74) is 2.08. The molecule has 0 radical (unpaired) electrons. The van der Waals surface area contributed by atoms with Gasteiger partial charge in [0.05, 0.1) is 36.2 Å². The number of likely N-dealkylation sites (N-methyl/N-ethyl adjacent to an activating group) is 1. The van der Waals surface area contributed by atoms with Crippen molar-refractivity contribution in [3.8, 4) is 17.2 Å². The Morgan fingerprint density at radius 3 is 2.38 bits per heavy atom. The maximum absolute atomic E-state index is 13.7. The van der Waals surface area contributed by atoms with Crippen LogP contribution in [0, 0.1) is 0 Å². The van der Waals surface area contributed by atoms with Gasteiger partial charge in [0, 0.05) is 32.1 Å². The summed E-state index contributed by atoms with van der Waals surface area (Å²) < 4.78 is 18.5. The Hall–Kier alpha value is -4.70. The number of ether oxygens (including phenoxy) is 3. The maximum atomic E-state index is 13.7. The van der Waals surface area contributed by atoms with Gasteiger partial charge in [-0.05, 0) is 74.3 Å². The zero-order valence-corrected chi connectivity index (χ0v) is 27.4. The van der Waals surface area contributed by atoms with Gasteiger partial charge in [0.25, 0.3) is 17.4 Å². The third kappa shape index (κ3) is 6.88. The number of nitrogens with zero attached hydrogens (tertiary/aromatic N) is 4. The molecule has 1 fully saturated rings. The maximum Gasteiger partial charge on any atom is 0.261 e. The van der Waals surface area contributed by atoms with E-state index in [-0.39, 0.29) is 30.3 Å². The lowest BCUT2D eigenvalue weighted by atomic mass is 9.94. The van der Waals surface area contributed by atoms with Crippen LogP contribution in [0.3, 0.4) is 0 Å². The second-order valence-corrected chi connectivity index (χ2v) is 12.3. The summed E-state index contributed by atoms with van der Waals surface area (Å²) >= 11 is 0. The number of fused-ring (bicyclic) bond motifs is 2. The van der Waals surface area contributed by atoms with Crippen LogP contribution in [0.1, 0.15) is 64.2 Å². The Morgan fingerprint density at radius 2 is 1.60 bits per heavy atom. The summed E-state index contributed by atoms with van der Waals surface area (Å²) in [5, 5.41) is 0.516. The molecule has 1 aromatic heterocycles. The zero-order chi connectivity index (χ0) is 32.9. The van der Waals surface area contributed by atoms with E-state index in [1.54, 1.807) is 49.1 Å². The van der Waals surface area contributed by atoms with E-state index in [0.717, 1.165) is 12.1 Å². The molecular formula is C37H42N4O6. The summed E-state index contributed by atoms with van der Waals surface area (Å²) in [7, 11) is 5.31. The number of hydrogen-bond donors (Lipinski definition) is 0. The van der Waals surface area contributed by atoms with Crippen LogP contribution in [0.4, 0.5) is 0 Å². The summed E-state index contributed by atoms with van der Waals surface area (Å²) in [5.74, 6) is 1.60. The van der Waals surface area contributed by atoms with E-state index in [9.17, 15) is 14.4 Å². The van der Waals surface area contributed by atoms with Gasteiger partial charge in [-0.1, -0.05) is 37.5 Å². The van der Waals surface area contributed by atoms with E-state index >= 15 is 0 Å². The Balaban J connectivity index is 1.15. The van der Waals surface area contributed by atoms with Gasteiger partial charge in [0.15, 0.2) is 11.5 Å². The minimum Gasteiger partial charge on any atom is -0.493 e. The van der Waals surface area contributed by atoms with E-state index < -0.39 is 0 Å². The molecule has 10 heteroatoms. The van der Waals surface area contributed by atoms with Crippen molar-refractivity contribution in [2.45, 2.75) is 57.5 Å². The second-order valence-electron chi connectivity index (χ2n) is 12.3. The first-order chi connectivity index (χ1) is 22.9. The van der Waals surface area contributed by atoms with E-state index in [1.165, 1.54) is 37.0 Å². The minimum absolute atomic E-state index is 0.0931. The number of para-hydroxylation sites is 1. The molecule has 0 saturated heterocycles. The van der Waals surface area contributed by atoms with Crippen molar-refractivity contribution >= 4 is 22.7 Å². The van der Waals surface area contributed by atoms with Gasteiger partial charge in [-0.2, -0.15) is 0 Å². The molecular weight excluding hydrogens is 596 g/mol. The number of hydrogen-bond acceptors (Lipinski definition) is 8. The number of methoxy groups -OCH3 is 2. The van der Waals surface area contributed by atoms with Crippen molar-refractivity contribution in [3.63, 3.8) is 0 Å². The molecule has 1 aliphatic heterocycles. The lowest BCUT2D eigenvalue weighted by Crippen LogP contribution is -2.36. The fourth-order valence-corrected chi connectivity index (χ4v) is 6.70. The minimum atomic E-state index is -0.366. The summed E-state index contributed by atoms with van der Waals surface area (Å²) in [6.45, 7) is 1.76. The van der Waals surface area contributed by atoms with E-state index in [4.69, 9.17) is 19.2 Å². The molecule has 4 aromatic rings. The first-order valence-corrected chi connectivity index (χ1v) is 16.4. The topological polar surface area (TPSA) is 103 Å². The smallest absolute Gasteiger partial charge is 0.261 e. The molecule has 47 heavy (non-hydrogen) atoms. The van der Waals surface area contributed by atoms with Gasteiger partial charge >= 0.3 is 0 Å². The molecule has 0 unspecified atom stereocenters. The van der Waals surface area contributed by atoms with Gasteiger partial charge in [-0.25, -0.2) is 4.98 Å². The average Bonchev–Trinajstić information content (AvgIpc) is 3.34. The number of amides is 2. The van der Waals surface area contributed by atoms with Crippen LogP contribution >= 0.6 is 0 Å². The fourth-order valence-electron chi connectivity index (χ4n) is 6.70. The quantitative estimate of drug-likeness (QED) is 0.186. The number of benzene rings is 3. The number of aryl methyl sites for hydroxylation is 1. The van der Waals surface area contributed by atoms with E-state index in [2.05, 4.69) is 11.9 Å². The fraction of sp³-hybridized carbons (Fsp3) is 0.405. The lowest BCUT2D eigenvalue weighted by molar-refractivity contribution is 0.0655. The Morgan fingerprint density at radius 1 is 0.830 bits per heavy atom. The molecule has 10 nitrogen and oxygen atoms in total. The SMILES string of the molecule is COc1ccc(CCn2c(CCN3C(=O)c4ccc(OCCN(C)C5CCCCC5)cc4C3=O)nc3ccccc3c2=O)cc1OC. The molecule has 3 aromatic carbocycles. The van der Waals surface area contributed by atoms with Crippen molar-refractivity contribution in [1.29, 1.82) is 0 Å². The molecule has 1 aliphatic carbocycles. The van der Waals surface area contributed by atoms with Crippen LogP contribution in [0.5, 0.6) is 17.2 Å². The molecule has 246 valence electrons. The number of carbonyl (C=O) groups is 2. The summed E-state index contributed by atoms with van der Waals surface area (Å²) in [6, 6.07) is 18.6. The van der Waals surface area contributed by atoms with E-state index in [0.29, 0.717) is 70.7 Å². The van der Waals surface area contributed by atoms with Crippen molar-refractivity contribution in [3.05, 3.63) is 93.5 Å². The number of carbonyl (C=O) groups excluding carboxylic acids is 2. The second kappa shape index (κ2) is 14.4. The highest BCUT2D eigenvalue weighted by Gasteiger charge is 2.36. The van der Waals surface area contributed by atoms with E-state index in [1.807, 2.05) is 30.3 Å². The predicted octanol–water partition coefficient (Wildman–Crippen LogP) is 5.14. The predicted molar refractivity (Wildman–Crippen MR) is 180 cm³/mol. The molecule has 6 rings (SSSR count). The van der Waals surface area contributed by atoms with Gasteiger partial charge in [0.2, 0.25) is 0 Å². The molecule has 0 spiro atoms. The summed E-state index contributed by atoms with van der Waals surface area (Å²) in [6.07, 6.45) is 7.10. The van der Waals surface area contributed by atoms with Crippen molar-refractivity contribution < 1.29 is 23.8 Å². The van der Waals surface area contributed by atoms with Crippen LogP contribution in [0.15, 0.2) is 65.5 Å². The lowest BCUT2D eigenvalue weighted by Gasteiger charge is -2.31. The van der Waals surface area contributed by atoms with Gasteiger partial charge in [-0.15, -0.1) is 0 Å². The molecule has 0 bridgehead atoms. The van der Waals surface area contributed by atoms with Crippen molar-refractivity contribution in [2.24, 2.45) is 0 Å². The Kier molecular flexibility index (Phi) is 9.87. The third-order valence-corrected chi connectivity index (χ3v) is 9.42. The van der Waals surface area contributed by atoms with Crippen LogP contribution in [0.2, 0.25) is 0 Å². The largest absolute Gasteiger partial charge is 0.493 e. The number of aromatic nitrogens is 2. The average molecular weight is 639 g/mol. The molecule has 2 amide bonds. The van der Waals surface area contributed by atoms with Crippen LogP contribution in [0.25, 0.3) is 10.9 Å². The van der Waals surface area contributed by atoms with Crippen LogP contribution in [-0.2, 0) is 19.4 Å². The van der Waals surface area contributed by atoms with Gasteiger partial charge < -0.3 is 19.1 Å². The van der Waals surface area contributed by atoms with Crippen LogP contribution in [-0.4, -0.2) is 78.2 Å². The Bertz CT molecular complexity index is 1830. The molecule has 2 heterocycles. The van der Waals surface area contributed by atoms with Crippen molar-refractivity contribution in [1.82, 2.24) is 19.4 Å². The highest BCUT2D eigenvalue weighted by atomic mass is 16.5. The highest BCUT2D eigenvalue weighted by Crippen LogP contribution is 2.29. The zero-order valence-electron chi connectivity index (χ0n) is 27.4. The number of imide groups is 1.